The van der Waals surface area contributed by atoms with Crippen LogP contribution in [-0.4, -0.2) is 20.6 Å². The summed E-state index contributed by atoms with van der Waals surface area (Å²) >= 11 is 5.86. The van der Waals surface area contributed by atoms with E-state index in [0.29, 0.717) is 22.2 Å². The van der Waals surface area contributed by atoms with E-state index in [1.165, 1.54) is 12.1 Å². The maximum atomic E-state index is 14.0. The van der Waals surface area contributed by atoms with Gasteiger partial charge < -0.3 is 20.1 Å². The van der Waals surface area contributed by atoms with Crippen LogP contribution >= 0.6 is 12.2 Å². The maximum absolute atomic E-state index is 14.0. The van der Waals surface area contributed by atoms with Crippen LogP contribution in [0.5, 0.6) is 0 Å². The molecule has 1 aliphatic heterocycles. The summed E-state index contributed by atoms with van der Waals surface area (Å²) in [7, 11) is 0. The number of thiocarbonyl (C=S) groups is 1. The summed E-state index contributed by atoms with van der Waals surface area (Å²) in [6.45, 7) is 9.22. The van der Waals surface area contributed by atoms with Crippen molar-refractivity contribution in [3.05, 3.63) is 107 Å². The molecule has 42 heavy (non-hydrogen) atoms. The summed E-state index contributed by atoms with van der Waals surface area (Å²) in [6.07, 6.45) is -2.80. The molecule has 1 fully saturated rings. The molecule has 2 N–H and O–H groups in total. The second-order valence-electron chi connectivity index (χ2n) is 10.8. The van der Waals surface area contributed by atoms with E-state index >= 15 is 0 Å². The third kappa shape index (κ3) is 5.38. The number of anilines is 2. The minimum atomic E-state index is -4.51. The zero-order valence-electron chi connectivity index (χ0n) is 24.0. The molecule has 2 atom stereocenters. The van der Waals surface area contributed by atoms with Gasteiger partial charge in [0.15, 0.2) is 5.11 Å². The van der Waals surface area contributed by atoms with Gasteiger partial charge in [-0.15, -0.1) is 0 Å². The molecule has 0 aliphatic carbocycles. The van der Waals surface area contributed by atoms with Crippen molar-refractivity contribution in [2.24, 2.45) is 5.92 Å². The maximum Gasteiger partial charge on any atom is 0.418 e. The third-order valence-electron chi connectivity index (χ3n) is 7.61. The lowest BCUT2D eigenvalue weighted by Crippen LogP contribution is -2.29. The lowest BCUT2D eigenvalue weighted by Gasteiger charge is -2.29. The highest BCUT2D eigenvalue weighted by Crippen LogP contribution is 2.45. The van der Waals surface area contributed by atoms with Gasteiger partial charge in [-0.3, -0.25) is 9.78 Å². The summed E-state index contributed by atoms with van der Waals surface area (Å²) in [4.78, 5) is 18.9. The first-order chi connectivity index (χ1) is 19.9. The lowest BCUT2D eigenvalue weighted by molar-refractivity contribution is -0.137. The van der Waals surface area contributed by atoms with Gasteiger partial charge in [0.2, 0.25) is 5.91 Å². The summed E-state index contributed by atoms with van der Waals surface area (Å²) in [6, 6.07) is 18.1. The Morgan fingerprint density at radius 2 is 1.74 bits per heavy atom. The van der Waals surface area contributed by atoms with Crippen LogP contribution in [0, 0.1) is 26.7 Å². The van der Waals surface area contributed by atoms with Crippen molar-refractivity contribution in [2.75, 3.05) is 10.2 Å². The minimum absolute atomic E-state index is 0.0711. The molecule has 1 aliphatic rings. The second-order valence-corrected chi connectivity index (χ2v) is 11.2. The minimum Gasteiger partial charge on any atom is -0.351 e. The molecule has 218 valence electrons. The molecular weight excluding hydrogens is 559 g/mol. The number of benzene rings is 2. The number of para-hydroxylation sites is 1. The van der Waals surface area contributed by atoms with Gasteiger partial charge in [0.1, 0.15) is 0 Å². The summed E-state index contributed by atoms with van der Waals surface area (Å²) in [5.41, 5.74) is 4.63. The smallest absolute Gasteiger partial charge is 0.351 e. The SMILES string of the molecule is Cc1cc(N2C(=S)N[C@H](c3ccccn3)[C@@H]2c2cc(C)n(-c3ccccc3C(F)(F)F)c2C)ccc1NC(=O)C(C)C. The van der Waals surface area contributed by atoms with Crippen molar-refractivity contribution in [2.45, 2.75) is 52.9 Å². The molecule has 0 unspecified atom stereocenters. The Bertz CT molecular complexity index is 1650. The van der Waals surface area contributed by atoms with E-state index in [1.54, 1.807) is 23.8 Å². The predicted octanol–water partition coefficient (Wildman–Crippen LogP) is 7.59. The number of halogens is 3. The number of pyridine rings is 1. The van der Waals surface area contributed by atoms with Crippen LogP contribution in [0.3, 0.4) is 0 Å². The number of nitrogens with zero attached hydrogens (tertiary/aromatic N) is 3. The number of aromatic nitrogens is 2. The van der Waals surface area contributed by atoms with Crippen LogP contribution in [0.25, 0.3) is 5.69 Å². The molecule has 5 rings (SSSR count). The van der Waals surface area contributed by atoms with Gasteiger partial charge in [0.05, 0.1) is 29.0 Å². The average Bonchev–Trinajstić information content (AvgIpc) is 3.44. The number of hydrogen-bond acceptors (Lipinski definition) is 3. The fraction of sp³-hybridized carbons (Fsp3) is 0.281. The fourth-order valence-corrected chi connectivity index (χ4v) is 5.88. The largest absolute Gasteiger partial charge is 0.418 e. The summed E-state index contributed by atoms with van der Waals surface area (Å²) < 4.78 is 43.8. The summed E-state index contributed by atoms with van der Waals surface area (Å²) in [5.74, 6) is -0.246. The normalized spacial score (nSPS) is 17.1. The number of rotatable bonds is 6. The number of hydrogen-bond donors (Lipinski definition) is 2. The van der Waals surface area contributed by atoms with Crippen molar-refractivity contribution in [1.82, 2.24) is 14.9 Å². The Morgan fingerprint density at radius 1 is 1.02 bits per heavy atom. The number of nitrogens with one attached hydrogen (secondary N) is 2. The number of alkyl halides is 3. The Kier molecular flexibility index (Phi) is 7.85. The topological polar surface area (TPSA) is 62.2 Å². The molecule has 0 radical (unpaired) electrons. The van der Waals surface area contributed by atoms with Crippen LogP contribution < -0.4 is 15.5 Å². The first-order valence-corrected chi connectivity index (χ1v) is 14.1. The van der Waals surface area contributed by atoms with Crippen LogP contribution in [0.15, 0.2) is 72.9 Å². The van der Waals surface area contributed by atoms with Crippen molar-refractivity contribution >= 4 is 34.6 Å². The fourth-order valence-electron chi connectivity index (χ4n) is 5.53. The molecule has 6 nitrogen and oxygen atoms in total. The molecule has 3 heterocycles. The van der Waals surface area contributed by atoms with Crippen molar-refractivity contribution in [3.63, 3.8) is 0 Å². The van der Waals surface area contributed by atoms with Crippen molar-refractivity contribution < 1.29 is 18.0 Å². The average molecular weight is 592 g/mol. The number of amides is 1. The molecular formula is C32H32F3N5OS. The Balaban J connectivity index is 1.65. The van der Waals surface area contributed by atoms with E-state index < -0.39 is 17.8 Å². The van der Waals surface area contributed by atoms with E-state index in [2.05, 4.69) is 15.6 Å². The Labute approximate surface area is 248 Å². The standard InChI is InChI=1S/C32H32F3N5OS/c1-18(2)30(41)37-25-14-13-22(16-19(25)3)40-29(28(38-31(40)42)26-11-8-9-15-36-26)23-17-20(4)39(21(23)5)27-12-7-6-10-24(27)32(33,34)35/h6-18,28-29H,1-5H3,(H,37,41)(H,38,42)/t28-,29+/m1/s1. The highest BCUT2D eigenvalue weighted by molar-refractivity contribution is 7.80. The Hall–Kier alpha value is -4.18. The van der Waals surface area contributed by atoms with Gasteiger partial charge in [0.25, 0.3) is 0 Å². The first kappa shape index (κ1) is 29.3. The zero-order chi connectivity index (χ0) is 30.3. The molecule has 1 amide bonds. The molecule has 0 bridgehead atoms. The predicted molar refractivity (Wildman–Crippen MR) is 163 cm³/mol. The van der Waals surface area contributed by atoms with Gasteiger partial charge in [-0.25, -0.2) is 0 Å². The second kappa shape index (κ2) is 11.2. The van der Waals surface area contributed by atoms with Gasteiger partial charge in [-0.2, -0.15) is 13.2 Å². The van der Waals surface area contributed by atoms with Crippen molar-refractivity contribution in [1.29, 1.82) is 0 Å². The van der Waals surface area contributed by atoms with Crippen LogP contribution in [-0.2, 0) is 11.0 Å². The van der Waals surface area contributed by atoms with Crippen LogP contribution in [0.4, 0.5) is 24.5 Å². The number of aryl methyl sites for hydroxylation is 2. The van der Waals surface area contributed by atoms with E-state index in [0.717, 1.165) is 28.6 Å². The molecule has 0 spiro atoms. The molecule has 4 aromatic rings. The highest BCUT2D eigenvalue weighted by atomic mass is 32.1. The number of carbonyl (C=O) groups is 1. The van der Waals surface area contributed by atoms with E-state index in [9.17, 15) is 18.0 Å². The third-order valence-corrected chi connectivity index (χ3v) is 7.92. The van der Waals surface area contributed by atoms with Gasteiger partial charge >= 0.3 is 6.18 Å². The van der Waals surface area contributed by atoms with Gasteiger partial charge in [-0.1, -0.05) is 32.0 Å². The van der Waals surface area contributed by atoms with Gasteiger partial charge in [-0.05, 0) is 92.6 Å². The molecule has 10 heteroatoms. The Morgan fingerprint density at radius 3 is 2.38 bits per heavy atom. The molecule has 1 saturated heterocycles. The van der Waals surface area contributed by atoms with Crippen LogP contribution in [0.2, 0.25) is 0 Å². The van der Waals surface area contributed by atoms with E-state index in [-0.39, 0.29) is 23.6 Å². The molecule has 2 aromatic carbocycles. The highest BCUT2D eigenvalue weighted by Gasteiger charge is 2.43. The first-order valence-electron chi connectivity index (χ1n) is 13.7. The van der Waals surface area contributed by atoms with E-state index in [4.69, 9.17) is 12.2 Å². The number of carbonyl (C=O) groups excluding carboxylic acids is 1. The van der Waals surface area contributed by atoms with E-state index in [1.807, 2.05) is 75.1 Å². The van der Waals surface area contributed by atoms with Gasteiger partial charge in [0, 0.05) is 34.9 Å². The lowest BCUT2D eigenvalue weighted by atomic mass is 9.96. The van der Waals surface area contributed by atoms with Crippen molar-refractivity contribution in [3.8, 4) is 5.69 Å². The summed E-state index contributed by atoms with van der Waals surface area (Å²) in [5, 5.41) is 6.84. The van der Waals surface area contributed by atoms with Crippen LogP contribution in [0.1, 0.15) is 59.7 Å². The zero-order valence-corrected chi connectivity index (χ0v) is 24.8. The quantitative estimate of drug-likeness (QED) is 0.226. The monoisotopic (exact) mass is 591 g/mol. The molecule has 2 aromatic heterocycles. The molecule has 0 saturated carbocycles.